The van der Waals surface area contributed by atoms with Crippen LogP contribution >= 0.6 is 0 Å². The lowest BCUT2D eigenvalue weighted by atomic mass is 10.1. The van der Waals surface area contributed by atoms with Crippen molar-refractivity contribution in [2.45, 2.75) is 50.7 Å². The van der Waals surface area contributed by atoms with Crippen LogP contribution < -0.4 is 0 Å². The molecule has 0 bridgehead atoms. The van der Waals surface area contributed by atoms with Gasteiger partial charge in [-0.3, -0.25) is 4.18 Å². The molecule has 0 radical (unpaired) electrons. The maximum Gasteiger partial charge on any atom is 0.264 e. The lowest BCUT2D eigenvalue weighted by molar-refractivity contribution is 0.148. The maximum absolute atomic E-state index is 11.0. The van der Waals surface area contributed by atoms with Crippen molar-refractivity contribution >= 4 is 10.1 Å². The normalized spacial score (nSPS) is 33.1. The van der Waals surface area contributed by atoms with Crippen LogP contribution in [0.5, 0.6) is 0 Å². The highest BCUT2D eigenvalue weighted by atomic mass is 32.2. The van der Waals surface area contributed by atoms with E-state index < -0.39 is 10.1 Å². The molecule has 1 saturated carbocycles. The lowest BCUT2D eigenvalue weighted by Gasteiger charge is -2.32. The van der Waals surface area contributed by atoms with Gasteiger partial charge in [0, 0.05) is 6.04 Å². The van der Waals surface area contributed by atoms with Crippen molar-refractivity contribution < 1.29 is 12.6 Å². The molecule has 2 rings (SSSR count). The third-order valence-corrected chi connectivity index (χ3v) is 4.20. The van der Waals surface area contributed by atoms with Gasteiger partial charge in [0.25, 0.3) is 10.1 Å². The van der Waals surface area contributed by atoms with Crippen LogP contribution in [0.15, 0.2) is 0 Å². The van der Waals surface area contributed by atoms with Gasteiger partial charge in [0.1, 0.15) is 0 Å². The Labute approximate surface area is 98.1 Å². The van der Waals surface area contributed by atoms with Gasteiger partial charge in [-0.2, -0.15) is 8.42 Å². The average molecular weight is 247 g/mol. The van der Waals surface area contributed by atoms with Gasteiger partial charge < -0.3 is 4.90 Å². The van der Waals surface area contributed by atoms with Crippen molar-refractivity contribution in [3.8, 4) is 0 Å². The fraction of sp³-hybridized carbons (Fsp3) is 1.00. The van der Waals surface area contributed by atoms with Crippen LogP contribution in [-0.2, 0) is 14.3 Å². The molecule has 1 heterocycles. The third-order valence-electron chi connectivity index (χ3n) is 3.57. The van der Waals surface area contributed by atoms with Crippen molar-refractivity contribution in [2.24, 2.45) is 0 Å². The molecule has 2 unspecified atom stereocenters. The quantitative estimate of drug-likeness (QED) is 0.707. The Kier molecular flexibility index (Phi) is 3.87. The highest BCUT2D eigenvalue weighted by Crippen LogP contribution is 2.29. The van der Waals surface area contributed by atoms with Gasteiger partial charge in [-0.25, -0.2) is 0 Å². The summed E-state index contributed by atoms with van der Waals surface area (Å²) in [4.78, 5) is 2.51. The van der Waals surface area contributed by atoms with Gasteiger partial charge >= 0.3 is 0 Å². The Morgan fingerprint density at radius 3 is 2.44 bits per heavy atom. The van der Waals surface area contributed by atoms with Crippen molar-refractivity contribution in [3.63, 3.8) is 0 Å². The molecule has 2 fully saturated rings. The zero-order valence-corrected chi connectivity index (χ0v) is 10.7. The maximum atomic E-state index is 11.0. The van der Waals surface area contributed by atoms with Gasteiger partial charge in [0.05, 0.1) is 12.4 Å². The van der Waals surface area contributed by atoms with E-state index in [9.17, 15) is 8.42 Å². The van der Waals surface area contributed by atoms with E-state index in [0.717, 1.165) is 25.5 Å². The molecule has 5 heteroatoms. The zero-order valence-electron chi connectivity index (χ0n) is 9.89. The second-order valence-corrected chi connectivity index (χ2v) is 6.59. The summed E-state index contributed by atoms with van der Waals surface area (Å²) in [6.45, 7) is 2.35. The SMILES string of the molecule is CS(=O)(=O)OC1CCC(N2CCCCC2)C1. The highest BCUT2D eigenvalue weighted by molar-refractivity contribution is 7.86. The van der Waals surface area contributed by atoms with E-state index in [2.05, 4.69) is 4.90 Å². The Bertz CT molecular complexity index is 322. The summed E-state index contributed by atoms with van der Waals surface area (Å²) in [7, 11) is -3.28. The Hall–Kier alpha value is -0.130. The summed E-state index contributed by atoms with van der Waals surface area (Å²) in [5.41, 5.74) is 0. The number of hydrogen-bond donors (Lipinski definition) is 0. The predicted molar refractivity (Wildman–Crippen MR) is 62.8 cm³/mol. The zero-order chi connectivity index (χ0) is 11.6. The van der Waals surface area contributed by atoms with E-state index in [4.69, 9.17) is 4.18 Å². The van der Waals surface area contributed by atoms with Crippen LogP contribution in [0.25, 0.3) is 0 Å². The molecule has 1 aliphatic heterocycles. The molecular formula is C11H21NO3S. The first-order chi connectivity index (χ1) is 7.54. The second-order valence-electron chi connectivity index (χ2n) is 4.99. The summed E-state index contributed by atoms with van der Waals surface area (Å²) < 4.78 is 27.1. The first kappa shape index (κ1) is 12.3. The molecular weight excluding hydrogens is 226 g/mol. The van der Waals surface area contributed by atoms with Crippen molar-refractivity contribution in [1.82, 2.24) is 4.90 Å². The summed E-state index contributed by atoms with van der Waals surface area (Å²) in [5.74, 6) is 0. The molecule has 0 spiro atoms. The van der Waals surface area contributed by atoms with E-state index in [1.54, 1.807) is 0 Å². The second kappa shape index (κ2) is 5.02. The first-order valence-electron chi connectivity index (χ1n) is 6.17. The van der Waals surface area contributed by atoms with Crippen LogP contribution in [0.1, 0.15) is 38.5 Å². The predicted octanol–water partition coefficient (Wildman–Crippen LogP) is 1.37. The number of piperidine rings is 1. The van der Waals surface area contributed by atoms with Crippen LogP contribution in [-0.4, -0.2) is 44.8 Å². The largest absolute Gasteiger partial charge is 0.300 e. The van der Waals surface area contributed by atoms with E-state index in [-0.39, 0.29) is 6.10 Å². The minimum Gasteiger partial charge on any atom is -0.300 e. The molecule has 0 N–H and O–H groups in total. The van der Waals surface area contributed by atoms with Gasteiger partial charge in [-0.15, -0.1) is 0 Å². The fourth-order valence-corrected chi connectivity index (χ4v) is 3.54. The minimum absolute atomic E-state index is 0.0815. The van der Waals surface area contributed by atoms with E-state index >= 15 is 0 Å². The molecule has 1 saturated heterocycles. The van der Waals surface area contributed by atoms with Gasteiger partial charge in [-0.05, 0) is 45.2 Å². The molecule has 2 aliphatic rings. The number of likely N-dealkylation sites (tertiary alicyclic amines) is 1. The molecule has 16 heavy (non-hydrogen) atoms. The van der Waals surface area contributed by atoms with Crippen molar-refractivity contribution in [1.29, 1.82) is 0 Å². The summed E-state index contributed by atoms with van der Waals surface area (Å²) in [5, 5.41) is 0. The summed E-state index contributed by atoms with van der Waals surface area (Å²) in [6, 6.07) is 0.548. The fourth-order valence-electron chi connectivity index (χ4n) is 2.87. The van der Waals surface area contributed by atoms with Crippen LogP contribution in [0.3, 0.4) is 0 Å². The Morgan fingerprint density at radius 2 is 1.81 bits per heavy atom. The van der Waals surface area contributed by atoms with Gasteiger partial charge in [0.15, 0.2) is 0 Å². The van der Waals surface area contributed by atoms with Crippen LogP contribution in [0, 0.1) is 0 Å². The molecule has 0 aromatic heterocycles. The first-order valence-corrected chi connectivity index (χ1v) is 7.98. The summed E-state index contributed by atoms with van der Waals surface area (Å²) in [6.07, 6.45) is 7.82. The number of nitrogens with zero attached hydrogens (tertiary/aromatic N) is 1. The third kappa shape index (κ3) is 3.43. The van der Waals surface area contributed by atoms with Crippen LogP contribution in [0.2, 0.25) is 0 Å². The summed E-state index contributed by atoms with van der Waals surface area (Å²) >= 11 is 0. The molecule has 4 nitrogen and oxygen atoms in total. The Balaban J connectivity index is 1.83. The van der Waals surface area contributed by atoms with Crippen molar-refractivity contribution in [3.05, 3.63) is 0 Å². The lowest BCUT2D eigenvalue weighted by Crippen LogP contribution is -2.38. The highest BCUT2D eigenvalue weighted by Gasteiger charge is 2.32. The Morgan fingerprint density at radius 1 is 1.12 bits per heavy atom. The molecule has 0 aromatic carbocycles. The van der Waals surface area contributed by atoms with Gasteiger partial charge in [0.2, 0.25) is 0 Å². The molecule has 0 amide bonds. The molecule has 1 aliphatic carbocycles. The van der Waals surface area contributed by atoms with Gasteiger partial charge in [-0.1, -0.05) is 6.42 Å². The molecule has 2 atom stereocenters. The van der Waals surface area contributed by atoms with E-state index in [1.807, 2.05) is 0 Å². The van der Waals surface area contributed by atoms with E-state index in [0.29, 0.717) is 6.04 Å². The van der Waals surface area contributed by atoms with Crippen molar-refractivity contribution in [2.75, 3.05) is 19.3 Å². The van der Waals surface area contributed by atoms with E-state index in [1.165, 1.54) is 32.4 Å². The standard InChI is InChI=1S/C11H21NO3S/c1-16(13,14)15-11-6-5-10(9-11)12-7-3-2-4-8-12/h10-11H,2-9H2,1H3. The topological polar surface area (TPSA) is 46.6 Å². The number of rotatable bonds is 3. The van der Waals surface area contributed by atoms with Crippen LogP contribution in [0.4, 0.5) is 0 Å². The molecule has 94 valence electrons. The monoisotopic (exact) mass is 247 g/mol. The molecule has 0 aromatic rings. The smallest absolute Gasteiger partial charge is 0.264 e. The minimum atomic E-state index is -3.28. The number of hydrogen-bond acceptors (Lipinski definition) is 4. The average Bonchev–Trinajstić information content (AvgIpc) is 2.65.